The number of carbonyl (C=O) groups is 3. The van der Waals surface area contributed by atoms with Crippen LogP contribution in [0, 0.1) is 11.8 Å². The zero-order valence-corrected chi connectivity index (χ0v) is 22.9. The Balaban J connectivity index is 1.79. The van der Waals surface area contributed by atoms with Crippen molar-refractivity contribution >= 4 is 28.9 Å². The first-order valence-electron chi connectivity index (χ1n) is 13.3. The fourth-order valence-electron chi connectivity index (χ4n) is 4.29. The van der Waals surface area contributed by atoms with Crippen LogP contribution < -0.4 is 10.6 Å². The van der Waals surface area contributed by atoms with Gasteiger partial charge in [0, 0.05) is 12.5 Å². The van der Waals surface area contributed by atoms with E-state index in [1.807, 2.05) is 42.5 Å². The molecule has 212 valence electrons. The molecule has 0 fully saturated rings. The zero-order valence-electron chi connectivity index (χ0n) is 22.9. The summed E-state index contributed by atoms with van der Waals surface area (Å²) in [5, 5.41) is 14.7. The number of rotatable bonds is 15. The van der Waals surface area contributed by atoms with Crippen LogP contribution in [0.2, 0.25) is 0 Å². The Morgan fingerprint density at radius 3 is 2.27 bits per heavy atom. The van der Waals surface area contributed by atoms with Gasteiger partial charge < -0.3 is 24.9 Å². The number of hydrogen-bond acceptors (Lipinski definition) is 7. The normalized spacial score (nSPS) is 14.8. The maximum atomic E-state index is 13.5. The van der Waals surface area contributed by atoms with Gasteiger partial charge in [0.2, 0.25) is 11.8 Å². The second-order valence-electron chi connectivity index (χ2n) is 9.74. The lowest BCUT2D eigenvalue weighted by Gasteiger charge is -2.28. The summed E-state index contributed by atoms with van der Waals surface area (Å²) in [5.74, 6) is -2.81. The van der Waals surface area contributed by atoms with Gasteiger partial charge >= 0.3 is 5.97 Å². The highest BCUT2D eigenvalue weighted by Gasteiger charge is 2.33. The molecule has 3 rings (SSSR count). The molecule has 0 radical (unpaired) electrons. The van der Waals surface area contributed by atoms with Crippen molar-refractivity contribution in [3.05, 3.63) is 91.4 Å². The first kappa shape index (κ1) is 30.3. The number of benzene rings is 2. The summed E-state index contributed by atoms with van der Waals surface area (Å²) in [4.78, 5) is 43.8. The van der Waals surface area contributed by atoms with Crippen molar-refractivity contribution in [2.75, 3.05) is 6.61 Å². The third-order valence-electron chi connectivity index (χ3n) is 6.44. The van der Waals surface area contributed by atoms with E-state index in [1.165, 1.54) is 6.08 Å². The molecule has 0 spiro atoms. The molecule has 1 aromatic heterocycles. The Labute approximate surface area is 234 Å². The number of aromatic nitrogens is 1. The van der Waals surface area contributed by atoms with Crippen LogP contribution in [0.25, 0.3) is 11.1 Å². The zero-order chi connectivity index (χ0) is 29.1. The Kier molecular flexibility index (Phi) is 11.2. The SMILES string of the molecule is C=CCC(C(=O)N[C@H](C)CO)C(=O)N[C@H](C)[C@@H](OC(=O)[C@H](CC=C)Cc1nc2ccccc2o1)c1ccccc1. The van der Waals surface area contributed by atoms with E-state index in [0.29, 0.717) is 29.0 Å². The minimum Gasteiger partial charge on any atom is -0.455 e. The van der Waals surface area contributed by atoms with Crippen LogP contribution in [-0.4, -0.2) is 46.6 Å². The van der Waals surface area contributed by atoms with Crippen molar-refractivity contribution in [3.8, 4) is 0 Å². The van der Waals surface area contributed by atoms with Gasteiger partial charge in [-0.25, -0.2) is 4.98 Å². The lowest BCUT2D eigenvalue weighted by Crippen LogP contribution is -2.48. The molecule has 40 heavy (non-hydrogen) atoms. The fraction of sp³-hybridized carbons (Fsp3) is 0.355. The molecule has 0 saturated heterocycles. The number of oxazole rings is 1. The molecule has 0 aliphatic rings. The van der Waals surface area contributed by atoms with E-state index in [0.717, 1.165) is 0 Å². The average Bonchev–Trinajstić information content (AvgIpc) is 3.36. The molecule has 3 N–H and O–H groups in total. The van der Waals surface area contributed by atoms with Crippen molar-refractivity contribution < 1.29 is 28.6 Å². The number of ether oxygens (including phenoxy) is 1. The predicted molar refractivity (Wildman–Crippen MR) is 152 cm³/mol. The second-order valence-corrected chi connectivity index (χ2v) is 9.74. The van der Waals surface area contributed by atoms with Gasteiger partial charge in [0.05, 0.1) is 18.6 Å². The van der Waals surface area contributed by atoms with E-state index >= 15 is 0 Å². The highest BCUT2D eigenvalue weighted by molar-refractivity contribution is 6.00. The number of aliphatic hydroxyl groups excluding tert-OH is 1. The molecule has 0 saturated carbocycles. The third kappa shape index (κ3) is 8.13. The molecule has 0 bridgehead atoms. The maximum absolute atomic E-state index is 13.5. The molecule has 5 atom stereocenters. The van der Waals surface area contributed by atoms with E-state index < -0.39 is 47.8 Å². The first-order valence-corrected chi connectivity index (χ1v) is 13.3. The number of carbonyl (C=O) groups excluding carboxylic acids is 3. The molecule has 0 aliphatic carbocycles. The van der Waals surface area contributed by atoms with E-state index in [4.69, 9.17) is 9.15 Å². The fourth-order valence-corrected chi connectivity index (χ4v) is 4.29. The number of amides is 2. The van der Waals surface area contributed by atoms with Crippen molar-refractivity contribution in [2.24, 2.45) is 11.8 Å². The smallest absolute Gasteiger partial charge is 0.310 e. The van der Waals surface area contributed by atoms with Crippen LogP contribution in [0.1, 0.15) is 44.2 Å². The van der Waals surface area contributed by atoms with Crippen LogP contribution in [0.4, 0.5) is 0 Å². The molecule has 9 nitrogen and oxygen atoms in total. The first-order chi connectivity index (χ1) is 19.3. The Hall–Kier alpha value is -4.24. The number of aliphatic hydroxyl groups is 1. The molecule has 1 unspecified atom stereocenters. The van der Waals surface area contributed by atoms with Crippen LogP contribution in [-0.2, 0) is 25.5 Å². The lowest BCUT2D eigenvalue weighted by atomic mass is 9.98. The summed E-state index contributed by atoms with van der Waals surface area (Å²) in [6.45, 7) is 10.5. The summed E-state index contributed by atoms with van der Waals surface area (Å²) in [6, 6.07) is 15.3. The summed E-state index contributed by atoms with van der Waals surface area (Å²) in [5.41, 5.74) is 2.02. The summed E-state index contributed by atoms with van der Waals surface area (Å²) in [6.07, 6.45) is 2.95. The number of nitrogens with one attached hydrogen (secondary N) is 2. The number of nitrogens with zero attached hydrogens (tertiary/aromatic N) is 1. The number of para-hydroxylation sites is 2. The minimum atomic E-state index is -1.06. The molecule has 9 heteroatoms. The van der Waals surface area contributed by atoms with Gasteiger partial charge in [-0.15, -0.1) is 13.2 Å². The second kappa shape index (κ2) is 14.8. The van der Waals surface area contributed by atoms with Crippen LogP contribution in [0.5, 0.6) is 0 Å². The molecule has 1 heterocycles. The van der Waals surface area contributed by atoms with E-state index in [2.05, 4.69) is 28.8 Å². The number of esters is 1. The van der Waals surface area contributed by atoms with Crippen LogP contribution >= 0.6 is 0 Å². The monoisotopic (exact) mass is 547 g/mol. The van der Waals surface area contributed by atoms with Gasteiger partial charge in [-0.2, -0.15) is 0 Å². The Bertz CT molecular complexity index is 1270. The van der Waals surface area contributed by atoms with Crippen molar-refractivity contribution in [2.45, 2.75) is 51.3 Å². The molecule has 3 aromatic rings. The third-order valence-corrected chi connectivity index (χ3v) is 6.44. The molecular formula is C31H37N3O6. The topological polar surface area (TPSA) is 131 Å². The van der Waals surface area contributed by atoms with Gasteiger partial charge in [0.1, 0.15) is 17.5 Å². The summed E-state index contributed by atoms with van der Waals surface area (Å²) in [7, 11) is 0. The number of hydrogen-bond donors (Lipinski definition) is 3. The van der Waals surface area contributed by atoms with Crippen molar-refractivity contribution in [1.29, 1.82) is 0 Å². The van der Waals surface area contributed by atoms with Crippen molar-refractivity contribution in [3.63, 3.8) is 0 Å². The standard InChI is InChI=1S/C31H37N3O6/c1-5-12-23(18-27-34-25-16-10-11-17-26(25)39-27)31(38)40-28(22-14-8-7-9-15-22)21(4)33-30(37)24(13-6-2)29(36)32-20(3)19-35/h5-11,14-17,20-21,23-24,28,35H,1-2,12-13,18-19H2,3-4H3,(H,32,36)(H,33,37)/t20-,21-,23-,24?,28-/m1/s1. The van der Waals surface area contributed by atoms with Crippen LogP contribution in [0.15, 0.2) is 84.3 Å². The van der Waals surface area contributed by atoms with Crippen LogP contribution in [0.3, 0.4) is 0 Å². The number of allylic oxidation sites excluding steroid dienone is 2. The maximum Gasteiger partial charge on any atom is 0.310 e. The molecule has 2 amide bonds. The van der Waals surface area contributed by atoms with Gasteiger partial charge in [-0.3, -0.25) is 14.4 Å². The van der Waals surface area contributed by atoms with Crippen molar-refractivity contribution in [1.82, 2.24) is 15.6 Å². The van der Waals surface area contributed by atoms with E-state index in [-0.39, 0.29) is 19.4 Å². The van der Waals surface area contributed by atoms with Gasteiger partial charge in [-0.1, -0.05) is 54.6 Å². The Morgan fingerprint density at radius 1 is 0.975 bits per heavy atom. The molecule has 0 aliphatic heterocycles. The van der Waals surface area contributed by atoms with E-state index in [1.54, 1.807) is 32.1 Å². The highest BCUT2D eigenvalue weighted by atomic mass is 16.5. The molecular weight excluding hydrogens is 510 g/mol. The summed E-state index contributed by atoms with van der Waals surface area (Å²) < 4.78 is 11.8. The molecule has 2 aromatic carbocycles. The minimum absolute atomic E-state index is 0.101. The van der Waals surface area contributed by atoms with Gasteiger partial charge in [0.15, 0.2) is 11.5 Å². The quantitative estimate of drug-likeness (QED) is 0.149. The Morgan fingerprint density at radius 2 is 1.62 bits per heavy atom. The van der Waals surface area contributed by atoms with Gasteiger partial charge in [-0.05, 0) is 44.4 Å². The summed E-state index contributed by atoms with van der Waals surface area (Å²) >= 11 is 0. The largest absolute Gasteiger partial charge is 0.455 e. The van der Waals surface area contributed by atoms with Gasteiger partial charge in [0.25, 0.3) is 0 Å². The number of fused-ring (bicyclic) bond motifs is 1. The van der Waals surface area contributed by atoms with E-state index in [9.17, 15) is 19.5 Å². The lowest BCUT2D eigenvalue weighted by molar-refractivity contribution is -0.157. The average molecular weight is 548 g/mol. The highest BCUT2D eigenvalue weighted by Crippen LogP contribution is 2.26. The predicted octanol–water partition coefficient (Wildman–Crippen LogP) is 4.04.